The molecule has 2 N–H and O–H groups in total. The molecule has 1 atom stereocenters. The first kappa shape index (κ1) is 24.6. The average molecular weight is 486 g/mol. The van der Waals surface area contributed by atoms with Gasteiger partial charge in [-0.05, 0) is 59.0 Å². The Morgan fingerprint density at radius 3 is 1.88 bits per heavy atom. The summed E-state index contributed by atoms with van der Waals surface area (Å²) >= 11 is 5.86. The number of aliphatic carboxylic acids is 1. The first-order valence-corrected chi connectivity index (χ1v) is 12.2. The van der Waals surface area contributed by atoms with Gasteiger partial charge in [-0.15, -0.1) is 0 Å². The molecule has 6 nitrogen and oxygen atoms in total. The molecular weight excluding hydrogens is 462 g/mol. The van der Waals surface area contributed by atoms with Gasteiger partial charge in [0.25, 0.3) is 0 Å². The molecule has 0 spiro atoms. The Kier molecular flexibility index (Phi) is 7.68. The van der Waals surface area contributed by atoms with Crippen molar-refractivity contribution in [3.05, 3.63) is 88.9 Å². The summed E-state index contributed by atoms with van der Waals surface area (Å²) in [6.45, 7) is 3.27. The van der Waals surface area contributed by atoms with Crippen molar-refractivity contribution in [1.82, 2.24) is 4.72 Å². The van der Waals surface area contributed by atoms with E-state index in [4.69, 9.17) is 11.6 Å². The molecule has 8 heteroatoms. The first-order valence-electron chi connectivity index (χ1n) is 10.3. The highest BCUT2D eigenvalue weighted by molar-refractivity contribution is 7.89. The summed E-state index contributed by atoms with van der Waals surface area (Å²) in [5.74, 6) is -1.64. The molecule has 0 amide bonds. The lowest BCUT2D eigenvalue weighted by molar-refractivity contribution is -0.140. The number of sulfonamides is 1. The topological polar surface area (TPSA) is 101 Å². The Bertz CT molecular complexity index is 1240. The van der Waals surface area contributed by atoms with Crippen LogP contribution in [0.15, 0.2) is 77.7 Å². The van der Waals surface area contributed by atoms with Crippen LogP contribution < -0.4 is 4.72 Å². The number of nitrogens with one attached hydrogen (secondary N) is 1. The van der Waals surface area contributed by atoms with Crippen molar-refractivity contribution >= 4 is 33.4 Å². The molecule has 0 aliphatic carbocycles. The van der Waals surface area contributed by atoms with Crippen LogP contribution in [0.5, 0.6) is 0 Å². The van der Waals surface area contributed by atoms with E-state index in [2.05, 4.69) is 4.72 Å². The highest BCUT2D eigenvalue weighted by Crippen LogP contribution is 2.23. The van der Waals surface area contributed by atoms with Crippen molar-refractivity contribution in [3.8, 4) is 11.1 Å². The van der Waals surface area contributed by atoms with Gasteiger partial charge in [-0.2, -0.15) is 4.72 Å². The molecule has 0 fully saturated rings. The summed E-state index contributed by atoms with van der Waals surface area (Å²) in [6, 6.07) is 19.2. The summed E-state index contributed by atoms with van der Waals surface area (Å²) in [6.07, 6.45) is 0.255. The number of hydrogen-bond acceptors (Lipinski definition) is 4. The second-order valence-electron chi connectivity index (χ2n) is 8.01. The van der Waals surface area contributed by atoms with Crippen molar-refractivity contribution in [2.24, 2.45) is 5.92 Å². The van der Waals surface area contributed by atoms with Gasteiger partial charge in [-0.1, -0.05) is 61.8 Å². The predicted octanol–water partition coefficient (Wildman–Crippen LogP) is 4.82. The summed E-state index contributed by atoms with van der Waals surface area (Å²) < 4.78 is 27.4. The lowest BCUT2D eigenvalue weighted by atomic mass is 10.00. The maximum atomic E-state index is 12.6. The minimum Gasteiger partial charge on any atom is -0.480 e. The zero-order valence-corrected chi connectivity index (χ0v) is 19.7. The summed E-state index contributed by atoms with van der Waals surface area (Å²) in [7, 11) is -3.97. The fraction of sp³-hybridized carbons (Fsp3) is 0.200. The number of carboxylic acids is 1. The smallest absolute Gasteiger partial charge is 0.322 e. The van der Waals surface area contributed by atoms with E-state index >= 15 is 0 Å². The molecule has 0 heterocycles. The van der Waals surface area contributed by atoms with Crippen LogP contribution in [0.3, 0.4) is 0 Å². The Morgan fingerprint density at radius 2 is 1.39 bits per heavy atom. The third-order valence-corrected chi connectivity index (χ3v) is 6.91. The van der Waals surface area contributed by atoms with Crippen LogP contribution in [0.4, 0.5) is 0 Å². The Balaban J connectivity index is 1.71. The van der Waals surface area contributed by atoms with Gasteiger partial charge >= 0.3 is 5.97 Å². The maximum Gasteiger partial charge on any atom is 0.322 e. The second-order valence-corrected chi connectivity index (χ2v) is 10.2. The number of halogens is 1. The van der Waals surface area contributed by atoms with Gasteiger partial charge in [0.05, 0.1) is 4.90 Å². The maximum absolute atomic E-state index is 12.6. The molecule has 3 aromatic carbocycles. The first-order chi connectivity index (χ1) is 15.6. The van der Waals surface area contributed by atoms with Crippen LogP contribution >= 0.6 is 11.6 Å². The van der Waals surface area contributed by atoms with Gasteiger partial charge in [-0.25, -0.2) is 8.42 Å². The SMILES string of the molecule is CC(C)[C@H](NS(=O)(=O)c1ccc(-c2ccc(CC(=O)c3ccc(Cl)cc3)cc2)cc1)C(=O)O. The average Bonchev–Trinajstić information content (AvgIpc) is 2.78. The highest BCUT2D eigenvalue weighted by atomic mass is 35.5. The largest absolute Gasteiger partial charge is 0.480 e. The van der Waals surface area contributed by atoms with E-state index in [0.717, 1.165) is 16.7 Å². The number of carbonyl (C=O) groups excluding carboxylic acids is 1. The second kappa shape index (κ2) is 10.3. The van der Waals surface area contributed by atoms with E-state index in [1.807, 2.05) is 24.3 Å². The van der Waals surface area contributed by atoms with Crippen LogP contribution in [0.25, 0.3) is 11.1 Å². The number of benzene rings is 3. The monoisotopic (exact) mass is 485 g/mol. The van der Waals surface area contributed by atoms with Gasteiger partial charge in [0.15, 0.2) is 5.78 Å². The van der Waals surface area contributed by atoms with E-state index < -0.39 is 28.0 Å². The van der Waals surface area contributed by atoms with Crippen LogP contribution in [0, 0.1) is 5.92 Å². The van der Waals surface area contributed by atoms with Crippen molar-refractivity contribution < 1.29 is 23.1 Å². The molecule has 0 aromatic heterocycles. The van der Waals surface area contributed by atoms with Gasteiger partial charge in [-0.3, -0.25) is 9.59 Å². The zero-order chi connectivity index (χ0) is 24.2. The summed E-state index contributed by atoms with van der Waals surface area (Å²) in [4.78, 5) is 23.7. The minimum atomic E-state index is -3.97. The lowest BCUT2D eigenvalue weighted by Gasteiger charge is -2.18. The van der Waals surface area contributed by atoms with Crippen LogP contribution in [-0.2, 0) is 21.2 Å². The Labute approximate surface area is 198 Å². The fourth-order valence-corrected chi connectivity index (χ4v) is 4.74. The van der Waals surface area contributed by atoms with Crippen LogP contribution in [0.2, 0.25) is 5.02 Å². The van der Waals surface area contributed by atoms with E-state index in [1.54, 1.807) is 50.2 Å². The number of Topliss-reactive ketones (excluding diaryl/α,β-unsaturated/α-hetero) is 1. The number of rotatable bonds is 9. The number of hydrogen-bond donors (Lipinski definition) is 2. The minimum absolute atomic E-state index is 0.0108. The number of carbonyl (C=O) groups is 2. The molecule has 172 valence electrons. The molecule has 0 radical (unpaired) electrons. The van der Waals surface area contributed by atoms with Gasteiger partial charge in [0.1, 0.15) is 6.04 Å². The standard InChI is InChI=1S/C25H24ClNO5S/c1-16(2)24(25(29)30)27-33(31,32)22-13-9-19(10-14-22)18-5-3-17(4-6-18)15-23(28)20-7-11-21(26)12-8-20/h3-14,16,24,27H,15H2,1-2H3,(H,29,30)/t24-/m0/s1. The summed E-state index contributed by atoms with van der Waals surface area (Å²) in [5.41, 5.74) is 3.11. The predicted molar refractivity (Wildman–Crippen MR) is 128 cm³/mol. The molecule has 0 saturated heterocycles. The third kappa shape index (κ3) is 6.28. The normalized spacial score (nSPS) is 12.5. The molecule has 3 aromatic rings. The van der Waals surface area contributed by atoms with E-state index in [9.17, 15) is 23.1 Å². The fourth-order valence-electron chi connectivity index (χ4n) is 3.27. The molecule has 0 unspecified atom stereocenters. The lowest BCUT2D eigenvalue weighted by Crippen LogP contribution is -2.44. The molecule has 33 heavy (non-hydrogen) atoms. The van der Waals surface area contributed by atoms with Crippen LogP contribution in [-0.4, -0.2) is 31.3 Å². The van der Waals surface area contributed by atoms with E-state index in [1.165, 1.54) is 12.1 Å². The number of carboxylic acid groups (broad SMARTS) is 1. The quantitative estimate of drug-likeness (QED) is 0.423. The van der Waals surface area contributed by atoms with E-state index in [-0.39, 0.29) is 17.1 Å². The summed E-state index contributed by atoms with van der Waals surface area (Å²) in [5, 5.41) is 9.82. The highest BCUT2D eigenvalue weighted by Gasteiger charge is 2.27. The van der Waals surface area contributed by atoms with Crippen molar-refractivity contribution in [1.29, 1.82) is 0 Å². The molecule has 0 aliphatic heterocycles. The third-order valence-electron chi connectivity index (χ3n) is 5.20. The molecule has 3 rings (SSSR count). The van der Waals surface area contributed by atoms with Gasteiger partial charge in [0, 0.05) is 17.0 Å². The molecule has 0 saturated carbocycles. The van der Waals surface area contributed by atoms with E-state index in [0.29, 0.717) is 10.6 Å². The molecule has 0 aliphatic rings. The molecular formula is C25H24ClNO5S. The Hall–Kier alpha value is -3.00. The van der Waals surface area contributed by atoms with Crippen molar-refractivity contribution in [2.75, 3.05) is 0 Å². The number of ketones is 1. The van der Waals surface area contributed by atoms with Crippen molar-refractivity contribution in [2.45, 2.75) is 31.2 Å². The molecule has 0 bridgehead atoms. The van der Waals surface area contributed by atoms with Gasteiger partial charge < -0.3 is 5.11 Å². The van der Waals surface area contributed by atoms with Crippen LogP contribution in [0.1, 0.15) is 29.8 Å². The van der Waals surface area contributed by atoms with Crippen molar-refractivity contribution in [3.63, 3.8) is 0 Å². The zero-order valence-electron chi connectivity index (χ0n) is 18.2. The van der Waals surface area contributed by atoms with Gasteiger partial charge in [0.2, 0.25) is 10.0 Å². The Morgan fingerprint density at radius 1 is 0.879 bits per heavy atom.